The molecule has 4 nitrogen and oxygen atoms in total. The van der Waals surface area contributed by atoms with Crippen LogP contribution in [0.5, 0.6) is 0 Å². The molecular weight excluding hydrogens is 352 g/mol. The van der Waals surface area contributed by atoms with Gasteiger partial charge in [-0.3, -0.25) is 0 Å². The van der Waals surface area contributed by atoms with Crippen LogP contribution in [0.25, 0.3) is 0 Å². The van der Waals surface area contributed by atoms with Crippen LogP contribution in [0.1, 0.15) is 36.1 Å². The minimum Gasteiger partial charge on any atom is -0.356 e. The van der Waals surface area contributed by atoms with E-state index in [9.17, 15) is 8.42 Å². The average molecular weight is 377 g/mol. The molecule has 0 spiro atoms. The van der Waals surface area contributed by atoms with E-state index < -0.39 is 9.84 Å². The molecule has 0 saturated carbocycles. The summed E-state index contributed by atoms with van der Waals surface area (Å²) >= 11 is 5.44. The fourth-order valence-electron chi connectivity index (χ4n) is 2.64. The molecule has 2 N–H and O–H groups in total. The first-order valence-corrected chi connectivity index (χ1v) is 10.5. The lowest BCUT2D eigenvalue weighted by Crippen LogP contribution is -2.32. The maximum Gasteiger partial charge on any atom is 0.175 e. The van der Waals surface area contributed by atoms with Gasteiger partial charge < -0.3 is 10.6 Å². The fraction of sp³-hybridized carbons (Fsp3) is 0.316. The molecule has 2 aromatic rings. The number of hydrogen-bond acceptors (Lipinski definition) is 3. The largest absolute Gasteiger partial charge is 0.356 e. The minimum absolute atomic E-state index is 0.0133. The van der Waals surface area contributed by atoms with Crippen molar-refractivity contribution in [3.05, 3.63) is 59.2 Å². The van der Waals surface area contributed by atoms with E-state index in [4.69, 9.17) is 12.2 Å². The third-order valence-electron chi connectivity index (χ3n) is 4.05. The van der Waals surface area contributed by atoms with Crippen LogP contribution < -0.4 is 10.6 Å². The molecule has 2 rings (SSSR count). The summed E-state index contributed by atoms with van der Waals surface area (Å²) in [5, 5.41) is 7.08. The van der Waals surface area contributed by atoms with Crippen molar-refractivity contribution >= 4 is 32.9 Å². The molecular formula is C19H24N2O2S2. The summed E-state index contributed by atoms with van der Waals surface area (Å²) in [5.41, 5.74) is 4.32. The SMILES string of the molecule is CCC(NC(=S)Nc1ccc(C)cc1C)c1ccc(S(C)(=O)=O)cc1. The second kappa shape index (κ2) is 7.97. The standard InChI is InChI=1S/C19H24N2O2S2/c1-5-17(15-7-9-16(10-8-15)25(4,22)23)20-19(24)21-18-11-6-13(2)12-14(18)3/h6-12,17H,5H2,1-4H3,(H2,20,21,24). The third-order valence-corrected chi connectivity index (χ3v) is 5.40. The molecule has 0 amide bonds. The second-order valence-corrected chi connectivity index (χ2v) is 8.64. The molecule has 6 heteroatoms. The van der Waals surface area contributed by atoms with Gasteiger partial charge in [-0.15, -0.1) is 0 Å². The van der Waals surface area contributed by atoms with Crippen LogP contribution in [0.15, 0.2) is 47.4 Å². The first-order valence-electron chi connectivity index (χ1n) is 8.15. The molecule has 0 heterocycles. The van der Waals surface area contributed by atoms with Crippen molar-refractivity contribution in [1.82, 2.24) is 5.32 Å². The Balaban J connectivity index is 2.09. The van der Waals surface area contributed by atoms with Crippen molar-refractivity contribution < 1.29 is 8.42 Å². The van der Waals surface area contributed by atoms with E-state index in [1.54, 1.807) is 12.1 Å². The Hall–Kier alpha value is -1.92. The van der Waals surface area contributed by atoms with E-state index >= 15 is 0 Å². The molecule has 0 aliphatic rings. The van der Waals surface area contributed by atoms with E-state index in [-0.39, 0.29) is 6.04 Å². The molecule has 1 atom stereocenters. The zero-order valence-corrected chi connectivity index (χ0v) is 16.6. The van der Waals surface area contributed by atoms with Crippen LogP contribution in [0.2, 0.25) is 0 Å². The van der Waals surface area contributed by atoms with Gasteiger partial charge in [0.15, 0.2) is 14.9 Å². The van der Waals surface area contributed by atoms with Gasteiger partial charge >= 0.3 is 0 Å². The minimum atomic E-state index is -3.18. The summed E-state index contributed by atoms with van der Waals surface area (Å²) in [6.07, 6.45) is 2.04. The Morgan fingerprint density at radius 2 is 1.76 bits per heavy atom. The second-order valence-electron chi connectivity index (χ2n) is 6.22. The zero-order valence-electron chi connectivity index (χ0n) is 15.0. The number of sulfone groups is 1. The van der Waals surface area contributed by atoms with Gasteiger partial charge in [0.1, 0.15) is 0 Å². The Kier molecular flexibility index (Phi) is 6.19. The quantitative estimate of drug-likeness (QED) is 0.768. The highest BCUT2D eigenvalue weighted by Crippen LogP contribution is 2.20. The van der Waals surface area contributed by atoms with Crippen molar-refractivity contribution in [3.8, 4) is 0 Å². The van der Waals surface area contributed by atoms with E-state index in [1.807, 2.05) is 31.2 Å². The molecule has 2 aromatic carbocycles. The molecule has 0 radical (unpaired) electrons. The van der Waals surface area contributed by atoms with Crippen molar-refractivity contribution in [2.75, 3.05) is 11.6 Å². The Morgan fingerprint density at radius 3 is 2.28 bits per heavy atom. The third kappa shape index (κ3) is 5.28. The van der Waals surface area contributed by atoms with Crippen molar-refractivity contribution in [2.45, 2.75) is 38.1 Å². The van der Waals surface area contributed by atoms with Crippen LogP contribution in [0.3, 0.4) is 0 Å². The summed E-state index contributed by atoms with van der Waals surface area (Å²) in [6, 6.07) is 13.1. The van der Waals surface area contributed by atoms with Crippen LogP contribution in [-0.2, 0) is 9.84 Å². The number of benzene rings is 2. The number of hydrogen-bond donors (Lipinski definition) is 2. The summed E-state index contributed by atoms with van der Waals surface area (Å²) in [5.74, 6) is 0. The van der Waals surface area contributed by atoms with Gasteiger partial charge in [-0.1, -0.05) is 36.8 Å². The predicted octanol–water partition coefficient (Wildman–Crippen LogP) is 4.14. The Morgan fingerprint density at radius 1 is 1.12 bits per heavy atom. The van der Waals surface area contributed by atoms with E-state index in [0.29, 0.717) is 10.0 Å². The molecule has 0 aromatic heterocycles. The van der Waals surface area contributed by atoms with Crippen molar-refractivity contribution in [1.29, 1.82) is 0 Å². The molecule has 0 aliphatic carbocycles. The molecule has 134 valence electrons. The normalized spacial score (nSPS) is 12.5. The summed E-state index contributed by atoms with van der Waals surface area (Å²) in [7, 11) is -3.18. The lowest BCUT2D eigenvalue weighted by atomic mass is 10.1. The number of anilines is 1. The highest BCUT2D eigenvalue weighted by Gasteiger charge is 2.13. The summed E-state index contributed by atoms with van der Waals surface area (Å²) in [4.78, 5) is 0.321. The molecule has 0 fully saturated rings. The molecule has 0 bridgehead atoms. The van der Waals surface area contributed by atoms with E-state index in [2.05, 4.69) is 30.5 Å². The van der Waals surface area contributed by atoms with E-state index in [0.717, 1.165) is 23.2 Å². The van der Waals surface area contributed by atoms with Gasteiger partial charge in [0, 0.05) is 11.9 Å². The van der Waals surface area contributed by atoms with Gasteiger partial charge in [0.2, 0.25) is 0 Å². The highest BCUT2D eigenvalue weighted by molar-refractivity contribution is 7.90. The first-order chi connectivity index (χ1) is 11.7. The van der Waals surface area contributed by atoms with Crippen LogP contribution >= 0.6 is 12.2 Å². The number of thiocarbonyl (C=S) groups is 1. The maximum atomic E-state index is 11.6. The zero-order chi connectivity index (χ0) is 18.6. The topological polar surface area (TPSA) is 58.2 Å². The Bertz CT molecular complexity index is 859. The maximum absolute atomic E-state index is 11.6. The summed E-state index contributed by atoms with van der Waals surface area (Å²) in [6.45, 7) is 6.15. The predicted molar refractivity (Wildman–Crippen MR) is 108 cm³/mol. The molecule has 25 heavy (non-hydrogen) atoms. The monoisotopic (exact) mass is 376 g/mol. The smallest absolute Gasteiger partial charge is 0.175 e. The molecule has 0 saturated heterocycles. The van der Waals surface area contributed by atoms with Gasteiger partial charge in [0.25, 0.3) is 0 Å². The number of nitrogens with one attached hydrogen (secondary N) is 2. The number of aryl methyl sites for hydroxylation is 2. The van der Waals surface area contributed by atoms with E-state index in [1.165, 1.54) is 11.8 Å². The Labute approximate surface area is 155 Å². The lowest BCUT2D eigenvalue weighted by Gasteiger charge is -2.21. The summed E-state index contributed by atoms with van der Waals surface area (Å²) < 4.78 is 23.1. The van der Waals surface area contributed by atoms with Gasteiger partial charge in [0.05, 0.1) is 10.9 Å². The van der Waals surface area contributed by atoms with Crippen LogP contribution in [0, 0.1) is 13.8 Å². The van der Waals surface area contributed by atoms with Crippen LogP contribution in [0.4, 0.5) is 5.69 Å². The fourth-order valence-corrected chi connectivity index (χ4v) is 3.52. The van der Waals surface area contributed by atoms with Crippen molar-refractivity contribution in [3.63, 3.8) is 0 Å². The van der Waals surface area contributed by atoms with Gasteiger partial charge in [-0.2, -0.15) is 0 Å². The number of rotatable bonds is 5. The van der Waals surface area contributed by atoms with Gasteiger partial charge in [-0.25, -0.2) is 8.42 Å². The van der Waals surface area contributed by atoms with Crippen LogP contribution in [-0.4, -0.2) is 19.8 Å². The average Bonchev–Trinajstić information content (AvgIpc) is 2.54. The van der Waals surface area contributed by atoms with Crippen molar-refractivity contribution in [2.24, 2.45) is 0 Å². The highest BCUT2D eigenvalue weighted by atomic mass is 32.2. The molecule has 0 aliphatic heterocycles. The molecule has 1 unspecified atom stereocenters. The first kappa shape index (κ1) is 19.4. The van der Waals surface area contributed by atoms with Gasteiger partial charge in [-0.05, 0) is 61.8 Å². The lowest BCUT2D eigenvalue weighted by molar-refractivity contribution is 0.601.